The van der Waals surface area contributed by atoms with Crippen LogP contribution in [0.4, 0.5) is 4.39 Å². The minimum absolute atomic E-state index is 0.247. The van der Waals surface area contributed by atoms with Crippen LogP contribution in [0.1, 0.15) is 32.4 Å². The van der Waals surface area contributed by atoms with Crippen molar-refractivity contribution < 1.29 is 14.0 Å². The van der Waals surface area contributed by atoms with Crippen LogP contribution in [0.15, 0.2) is 34.3 Å². The van der Waals surface area contributed by atoms with Crippen LogP contribution < -0.4 is 0 Å². The molecule has 0 heterocycles. The molecule has 0 fully saturated rings. The first-order valence-corrected chi connectivity index (χ1v) is 5.87. The third-order valence-corrected chi connectivity index (χ3v) is 2.12. The molecule has 0 bridgehead atoms. The summed E-state index contributed by atoms with van der Waals surface area (Å²) >= 11 is 0. The van der Waals surface area contributed by atoms with Crippen LogP contribution in [0.2, 0.25) is 0 Å². The first kappa shape index (κ1) is 16.9. The van der Waals surface area contributed by atoms with Crippen molar-refractivity contribution in [2.45, 2.75) is 26.8 Å². The number of hydrogen-bond acceptors (Lipinski definition) is 4. The maximum absolute atomic E-state index is 12.4. The second-order valence-corrected chi connectivity index (χ2v) is 4.27. The van der Waals surface area contributed by atoms with Crippen molar-refractivity contribution in [1.82, 2.24) is 0 Å². The highest BCUT2D eigenvalue weighted by molar-refractivity contribution is 5.35. The second-order valence-electron chi connectivity index (χ2n) is 4.27. The van der Waals surface area contributed by atoms with Crippen LogP contribution in [0, 0.1) is 11.7 Å². The van der Waals surface area contributed by atoms with Crippen molar-refractivity contribution >= 4 is 12.2 Å². The molecule has 0 saturated carbocycles. The summed E-state index contributed by atoms with van der Waals surface area (Å²) in [7, 11) is 0. The Morgan fingerprint density at radius 3 is 2.05 bits per heavy atom. The molecule has 0 aliphatic carbocycles. The second kappa shape index (κ2) is 9.89. The normalized spacial score (nSPS) is 10.6. The Hall–Kier alpha value is -2.09. The molecule has 0 aromatic heterocycles. The van der Waals surface area contributed by atoms with Gasteiger partial charge < -0.3 is 0 Å². The topological polar surface area (TPSA) is 58.9 Å². The highest BCUT2D eigenvalue weighted by Crippen LogP contribution is 2.15. The fourth-order valence-electron chi connectivity index (χ4n) is 1.11. The van der Waals surface area contributed by atoms with E-state index in [0.717, 1.165) is 5.56 Å². The number of halogens is 1. The van der Waals surface area contributed by atoms with Crippen molar-refractivity contribution in [3.63, 3.8) is 0 Å². The maximum Gasteiger partial charge on any atom is 0.235 e. The van der Waals surface area contributed by atoms with E-state index in [1.54, 1.807) is 19.1 Å². The van der Waals surface area contributed by atoms with Crippen molar-refractivity contribution in [1.29, 1.82) is 0 Å². The number of aliphatic imine (C=N–C) groups is 2. The molecule has 0 aliphatic heterocycles. The summed E-state index contributed by atoms with van der Waals surface area (Å²) in [6.45, 7) is 6.35. The molecule has 1 aromatic rings. The van der Waals surface area contributed by atoms with E-state index in [0.29, 0.717) is 12.5 Å². The van der Waals surface area contributed by atoms with Crippen molar-refractivity contribution in [2.24, 2.45) is 15.9 Å². The SMILES string of the molecule is CC(C)CN=C=O.CC(N=C=O)c1ccc(F)cc1. The van der Waals surface area contributed by atoms with Crippen LogP contribution in [0.3, 0.4) is 0 Å². The van der Waals surface area contributed by atoms with Crippen molar-refractivity contribution in [2.75, 3.05) is 6.54 Å². The van der Waals surface area contributed by atoms with Gasteiger partial charge in [-0.05, 0) is 30.5 Å². The summed E-state index contributed by atoms with van der Waals surface area (Å²) in [6.07, 6.45) is 2.94. The van der Waals surface area contributed by atoms with E-state index in [1.165, 1.54) is 24.3 Å². The lowest BCUT2D eigenvalue weighted by atomic mass is 10.1. The summed E-state index contributed by atoms with van der Waals surface area (Å²) in [4.78, 5) is 26.2. The first-order valence-electron chi connectivity index (χ1n) is 5.87. The number of carbonyl (C=O) groups excluding carboxylic acids is 2. The Morgan fingerprint density at radius 2 is 1.68 bits per heavy atom. The van der Waals surface area contributed by atoms with E-state index in [1.807, 2.05) is 13.8 Å². The number of rotatable bonds is 4. The predicted octanol–water partition coefficient (Wildman–Crippen LogP) is 3.20. The van der Waals surface area contributed by atoms with Gasteiger partial charge in [0.25, 0.3) is 0 Å². The highest BCUT2D eigenvalue weighted by Gasteiger charge is 2.01. The third-order valence-electron chi connectivity index (χ3n) is 2.12. The summed E-state index contributed by atoms with van der Waals surface area (Å²) in [5, 5.41) is 0. The van der Waals surface area contributed by atoms with Crippen LogP contribution in [0.25, 0.3) is 0 Å². The number of isocyanates is 2. The lowest BCUT2D eigenvalue weighted by Crippen LogP contribution is -1.89. The lowest BCUT2D eigenvalue weighted by molar-refractivity contribution is 0.558. The average molecular weight is 264 g/mol. The van der Waals surface area contributed by atoms with Gasteiger partial charge in [-0.3, -0.25) is 0 Å². The van der Waals surface area contributed by atoms with E-state index < -0.39 is 0 Å². The predicted molar refractivity (Wildman–Crippen MR) is 70.8 cm³/mol. The minimum Gasteiger partial charge on any atom is -0.211 e. The number of nitrogens with zero attached hydrogens (tertiary/aromatic N) is 2. The summed E-state index contributed by atoms with van der Waals surface area (Å²) in [5.74, 6) is 0.183. The molecule has 0 spiro atoms. The molecule has 0 aliphatic rings. The Balaban J connectivity index is 0.000000399. The van der Waals surface area contributed by atoms with Gasteiger partial charge in [0.05, 0.1) is 12.6 Å². The quantitative estimate of drug-likeness (QED) is 0.619. The van der Waals surface area contributed by atoms with Gasteiger partial charge in [-0.15, -0.1) is 0 Å². The fraction of sp³-hybridized carbons (Fsp3) is 0.429. The summed E-state index contributed by atoms with van der Waals surface area (Å²) < 4.78 is 12.4. The van der Waals surface area contributed by atoms with Gasteiger partial charge in [0.2, 0.25) is 12.2 Å². The molecule has 1 unspecified atom stereocenters. The van der Waals surface area contributed by atoms with Crippen LogP contribution in [-0.4, -0.2) is 18.7 Å². The Labute approximate surface area is 112 Å². The van der Waals surface area contributed by atoms with Gasteiger partial charge in [-0.2, -0.15) is 4.99 Å². The van der Waals surface area contributed by atoms with Gasteiger partial charge in [0.1, 0.15) is 5.82 Å². The molecule has 19 heavy (non-hydrogen) atoms. The minimum atomic E-state index is -0.291. The lowest BCUT2D eigenvalue weighted by Gasteiger charge is -2.02. The largest absolute Gasteiger partial charge is 0.235 e. The Kier molecular flexibility index (Phi) is 8.80. The molecule has 4 nitrogen and oxygen atoms in total. The third kappa shape index (κ3) is 8.61. The molecule has 1 atom stereocenters. The number of benzene rings is 1. The standard InChI is InChI=1S/C9H8FNO.C5H9NO/c1-7(11-6-12)8-2-4-9(10)5-3-8;1-5(2)3-6-4-7/h2-5,7H,1H3;5H,3H2,1-2H3. The van der Waals surface area contributed by atoms with E-state index in [-0.39, 0.29) is 11.9 Å². The monoisotopic (exact) mass is 264 g/mol. The molecule has 5 heteroatoms. The zero-order valence-electron chi connectivity index (χ0n) is 11.3. The van der Waals surface area contributed by atoms with Crippen LogP contribution >= 0.6 is 0 Å². The van der Waals surface area contributed by atoms with Crippen molar-refractivity contribution in [3.05, 3.63) is 35.6 Å². The first-order chi connectivity index (χ1) is 9.01. The Bertz CT molecular complexity index is 459. The molecule has 0 saturated heterocycles. The molecule has 0 amide bonds. The smallest absolute Gasteiger partial charge is 0.211 e. The molecule has 0 radical (unpaired) electrons. The van der Waals surface area contributed by atoms with Gasteiger partial charge in [0, 0.05) is 0 Å². The molecule has 1 rings (SSSR count). The zero-order valence-corrected chi connectivity index (χ0v) is 11.3. The van der Waals surface area contributed by atoms with Gasteiger partial charge in [0.15, 0.2) is 0 Å². The molecule has 102 valence electrons. The van der Waals surface area contributed by atoms with Gasteiger partial charge >= 0.3 is 0 Å². The van der Waals surface area contributed by atoms with E-state index in [4.69, 9.17) is 0 Å². The molecular weight excluding hydrogens is 247 g/mol. The molecular formula is C14H17FN2O2. The summed E-state index contributed by atoms with van der Waals surface area (Å²) in [5.41, 5.74) is 0.805. The summed E-state index contributed by atoms with van der Waals surface area (Å²) in [6, 6.07) is 5.63. The zero-order chi connectivity index (χ0) is 14.7. The van der Waals surface area contributed by atoms with Crippen molar-refractivity contribution in [3.8, 4) is 0 Å². The van der Waals surface area contributed by atoms with E-state index >= 15 is 0 Å². The van der Waals surface area contributed by atoms with E-state index in [9.17, 15) is 14.0 Å². The molecule has 0 N–H and O–H groups in total. The van der Waals surface area contributed by atoms with E-state index in [2.05, 4.69) is 9.98 Å². The van der Waals surface area contributed by atoms with Gasteiger partial charge in [-0.1, -0.05) is 26.0 Å². The Morgan fingerprint density at radius 1 is 1.11 bits per heavy atom. The van der Waals surface area contributed by atoms with Crippen LogP contribution in [-0.2, 0) is 9.59 Å². The van der Waals surface area contributed by atoms with Gasteiger partial charge in [-0.25, -0.2) is 19.0 Å². The highest BCUT2D eigenvalue weighted by atomic mass is 19.1. The van der Waals surface area contributed by atoms with Crippen LogP contribution in [0.5, 0.6) is 0 Å². The average Bonchev–Trinajstić information content (AvgIpc) is 2.38. The fourth-order valence-corrected chi connectivity index (χ4v) is 1.11. The number of hydrogen-bond donors (Lipinski definition) is 0. The molecule has 1 aromatic carbocycles. The maximum atomic E-state index is 12.4.